The van der Waals surface area contributed by atoms with Crippen molar-refractivity contribution in [3.63, 3.8) is 0 Å². The third kappa shape index (κ3) is 2.87. The van der Waals surface area contributed by atoms with E-state index in [9.17, 15) is 0 Å². The Kier molecular flexibility index (Phi) is 3.97. The molecule has 138 valence electrons. The van der Waals surface area contributed by atoms with Crippen molar-refractivity contribution < 1.29 is 9.47 Å². The number of hydrogen-bond acceptors (Lipinski definition) is 6. The van der Waals surface area contributed by atoms with Gasteiger partial charge in [0.2, 0.25) is 6.79 Å². The zero-order valence-electron chi connectivity index (χ0n) is 15.2. The highest BCUT2D eigenvalue weighted by molar-refractivity contribution is 5.90. The number of aryl methyl sites for hydroxylation is 1. The minimum Gasteiger partial charge on any atom is -0.454 e. The third-order valence-electron chi connectivity index (χ3n) is 4.59. The number of pyridine rings is 1. The fourth-order valence-electron chi connectivity index (χ4n) is 3.26. The largest absolute Gasteiger partial charge is 0.454 e. The van der Waals surface area contributed by atoms with Crippen molar-refractivity contribution in [2.75, 3.05) is 6.79 Å². The molecule has 1 aliphatic heterocycles. The van der Waals surface area contributed by atoms with Crippen LogP contribution in [0, 0.1) is 6.92 Å². The normalized spacial score (nSPS) is 12.9. The van der Waals surface area contributed by atoms with Crippen LogP contribution >= 0.6 is 0 Å². The third-order valence-corrected chi connectivity index (χ3v) is 4.59. The van der Waals surface area contributed by atoms with E-state index in [1.165, 1.54) is 0 Å². The van der Waals surface area contributed by atoms with Gasteiger partial charge in [0.05, 0.1) is 29.0 Å². The molecular formula is C21H17N5O2. The van der Waals surface area contributed by atoms with Gasteiger partial charge >= 0.3 is 0 Å². The highest BCUT2D eigenvalue weighted by Gasteiger charge is 2.14. The maximum absolute atomic E-state index is 5.41. The van der Waals surface area contributed by atoms with Crippen LogP contribution in [0.15, 0.2) is 71.0 Å². The Hall–Kier alpha value is -3.74. The Balaban J connectivity index is 1.46. The molecule has 5 rings (SSSR count). The molecule has 0 bridgehead atoms. The lowest BCUT2D eigenvalue weighted by Crippen LogP contribution is -1.96. The molecule has 0 spiro atoms. The Morgan fingerprint density at radius 3 is 2.79 bits per heavy atom. The van der Waals surface area contributed by atoms with Crippen LogP contribution in [0.25, 0.3) is 16.7 Å². The summed E-state index contributed by atoms with van der Waals surface area (Å²) in [5.74, 6) is 1.51. The molecular weight excluding hydrogens is 354 g/mol. The second-order valence-corrected chi connectivity index (χ2v) is 6.45. The van der Waals surface area contributed by atoms with Crippen LogP contribution in [0.1, 0.15) is 11.3 Å². The first kappa shape index (κ1) is 16.4. The molecule has 7 heteroatoms. The summed E-state index contributed by atoms with van der Waals surface area (Å²) in [6.45, 7) is 2.67. The summed E-state index contributed by atoms with van der Waals surface area (Å²) in [7, 11) is 0. The number of rotatable bonds is 4. The van der Waals surface area contributed by atoms with Gasteiger partial charge in [-0.15, -0.1) is 0 Å². The fraction of sp³-hybridized carbons (Fsp3) is 0.143. The Morgan fingerprint density at radius 2 is 1.89 bits per heavy atom. The molecule has 0 fully saturated rings. The molecule has 2 aromatic heterocycles. The summed E-state index contributed by atoms with van der Waals surface area (Å²) < 4.78 is 12.6. The summed E-state index contributed by atoms with van der Waals surface area (Å²) in [6.07, 6.45) is 1.73. The van der Waals surface area contributed by atoms with Crippen molar-refractivity contribution in [3.05, 3.63) is 72.1 Å². The number of azo groups is 1. The van der Waals surface area contributed by atoms with E-state index in [4.69, 9.17) is 9.47 Å². The van der Waals surface area contributed by atoms with Crippen molar-refractivity contribution in [1.82, 2.24) is 14.8 Å². The number of aromatic nitrogens is 3. The van der Waals surface area contributed by atoms with Crippen molar-refractivity contribution in [2.45, 2.75) is 13.5 Å². The predicted octanol–water partition coefficient (Wildman–Crippen LogP) is 4.74. The Labute approximate surface area is 161 Å². The van der Waals surface area contributed by atoms with Gasteiger partial charge < -0.3 is 9.47 Å². The van der Waals surface area contributed by atoms with Gasteiger partial charge in [-0.05, 0) is 42.8 Å². The Morgan fingerprint density at radius 1 is 1.04 bits per heavy atom. The summed E-state index contributed by atoms with van der Waals surface area (Å²) in [4.78, 5) is 4.51. The SMILES string of the molecule is Cc1nn(-c2ccccc2)c2nccc(N=NCc3ccc4c(c3)OCO4)c12. The van der Waals surface area contributed by atoms with E-state index < -0.39 is 0 Å². The number of ether oxygens (including phenoxy) is 2. The van der Waals surface area contributed by atoms with Crippen molar-refractivity contribution >= 4 is 16.7 Å². The van der Waals surface area contributed by atoms with Gasteiger partial charge in [-0.1, -0.05) is 24.3 Å². The molecule has 0 atom stereocenters. The van der Waals surface area contributed by atoms with Gasteiger partial charge in [-0.2, -0.15) is 15.3 Å². The van der Waals surface area contributed by atoms with E-state index in [0.29, 0.717) is 6.54 Å². The van der Waals surface area contributed by atoms with Crippen LogP contribution in [0.5, 0.6) is 11.5 Å². The molecule has 0 radical (unpaired) electrons. The minimum absolute atomic E-state index is 0.264. The smallest absolute Gasteiger partial charge is 0.231 e. The molecule has 3 heterocycles. The number of hydrogen-bond donors (Lipinski definition) is 0. The first-order valence-electron chi connectivity index (χ1n) is 8.95. The van der Waals surface area contributed by atoms with E-state index >= 15 is 0 Å². The number of benzene rings is 2. The van der Waals surface area contributed by atoms with Gasteiger partial charge in [0.15, 0.2) is 17.1 Å². The van der Waals surface area contributed by atoms with Gasteiger partial charge in [-0.25, -0.2) is 9.67 Å². The van der Waals surface area contributed by atoms with Crippen LogP contribution < -0.4 is 9.47 Å². The summed E-state index contributed by atoms with van der Waals surface area (Å²) in [6, 6.07) is 17.6. The molecule has 0 aliphatic carbocycles. The monoisotopic (exact) mass is 371 g/mol. The molecule has 0 saturated carbocycles. The minimum atomic E-state index is 0.264. The van der Waals surface area contributed by atoms with Crippen LogP contribution in [-0.2, 0) is 6.54 Å². The fourth-order valence-corrected chi connectivity index (χ4v) is 3.26. The molecule has 28 heavy (non-hydrogen) atoms. The van der Waals surface area contributed by atoms with E-state index in [0.717, 1.165) is 45.2 Å². The zero-order chi connectivity index (χ0) is 18.9. The summed E-state index contributed by atoms with van der Waals surface area (Å²) >= 11 is 0. The van der Waals surface area contributed by atoms with Gasteiger partial charge in [0, 0.05) is 6.20 Å². The van der Waals surface area contributed by atoms with E-state index in [-0.39, 0.29) is 6.79 Å². The van der Waals surface area contributed by atoms with Crippen molar-refractivity contribution in [3.8, 4) is 17.2 Å². The molecule has 0 N–H and O–H groups in total. The molecule has 0 saturated heterocycles. The maximum Gasteiger partial charge on any atom is 0.231 e. The maximum atomic E-state index is 5.41. The lowest BCUT2D eigenvalue weighted by atomic mass is 10.2. The zero-order valence-corrected chi connectivity index (χ0v) is 15.2. The lowest BCUT2D eigenvalue weighted by Gasteiger charge is -2.02. The first-order valence-corrected chi connectivity index (χ1v) is 8.95. The average molecular weight is 371 g/mol. The molecule has 1 aliphatic rings. The van der Waals surface area contributed by atoms with E-state index in [2.05, 4.69) is 20.3 Å². The second kappa shape index (κ2) is 6.77. The van der Waals surface area contributed by atoms with Crippen LogP contribution in [0.4, 0.5) is 5.69 Å². The van der Waals surface area contributed by atoms with Crippen molar-refractivity contribution in [2.24, 2.45) is 10.2 Å². The summed E-state index contributed by atoms with van der Waals surface area (Å²) in [5.41, 5.74) is 4.36. The number of para-hydroxylation sites is 1. The highest BCUT2D eigenvalue weighted by atomic mass is 16.7. The summed E-state index contributed by atoms with van der Waals surface area (Å²) in [5, 5.41) is 14.4. The Bertz CT molecular complexity index is 1180. The van der Waals surface area contributed by atoms with Gasteiger partial charge in [0.1, 0.15) is 0 Å². The van der Waals surface area contributed by atoms with E-state index in [1.54, 1.807) is 6.20 Å². The molecule has 7 nitrogen and oxygen atoms in total. The van der Waals surface area contributed by atoms with Crippen LogP contribution in [-0.4, -0.2) is 21.6 Å². The topological polar surface area (TPSA) is 73.9 Å². The predicted molar refractivity (Wildman–Crippen MR) is 104 cm³/mol. The standard InChI is InChI=1S/C21H17N5O2/c1-14-20-17(24-23-12-15-7-8-18-19(11-15)28-13-27-18)9-10-22-21(20)26(25-14)16-5-3-2-4-6-16/h2-11H,12-13H2,1H3. The molecule has 2 aromatic carbocycles. The van der Waals surface area contributed by atoms with Gasteiger partial charge in [-0.3, -0.25) is 0 Å². The average Bonchev–Trinajstić information content (AvgIpc) is 3.33. The quantitative estimate of drug-likeness (QED) is 0.486. The first-order chi connectivity index (χ1) is 13.8. The van der Waals surface area contributed by atoms with E-state index in [1.807, 2.05) is 66.2 Å². The molecule has 4 aromatic rings. The van der Waals surface area contributed by atoms with Gasteiger partial charge in [0.25, 0.3) is 0 Å². The van der Waals surface area contributed by atoms with Crippen LogP contribution in [0.2, 0.25) is 0 Å². The molecule has 0 unspecified atom stereocenters. The molecule has 0 amide bonds. The lowest BCUT2D eigenvalue weighted by molar-refractivity contribution is 0.174. The van der Waals surface area contributed by atoms with Crippen LogP contribution in [0.3, 0.4) is 0 Å². The second-order valence-electron chi connectivity index (χ2n) is 6.45. The number of nitrogens with zero attached hydrogens (tertiary/aromatic N) is 5. The van der Waals surface area contributed by atoms with Crippen molar-refractivity contribution in [1.29, 1.82) is 0 Å². The number of fused-ring (bicyclic) bond motifs is 2. The highest BCUT2D eigenvalue weighted by Crippen LogP contribution is 2.33.